The first kappa shape index (κ1) is 19.1. The van der Waals surface area contributed by atoms with Crippen LogP contribution in [-0.2, 0) is 9.53 Å². The number of nitrogens with zero attached hydrogens (tertiary/aromatic N) is 1. The van der Waals surface area contributed by atoms with Gasteiger partial charge in [0.25, 0.3) is 0 Å². The standard InChI is InChI=1S/C19H28N2O4/c1-13(22)21-11-7-6-8-16(21)14-9-10-15(17(12-14)24-5)20-18(23)25-19(2,3)4/h9-10,12,16H,6-8,11H2,1-5H3,(H,20,23). The second-order valence-electron chi connectivity index (χ2n) is 7.31. The lowest BCUT2D eigenvalue weighted by atomic mass is 9.94. The SMILES string of the molecule is COc1cc(C2CCCCN2C(C)=O)ccc1NC(=O)OC(C)(C)C. The van der Waals surface area contributed by atoms with Gasteiger partial charge in [0.2, 0.25) is 5.91 Å². The van der Waals surface area contributed by atoms with Gasteiger partial charge in [0.1, 0.15) is 11.4 Å². The predicted octanol–water partition coefficient (Wildman–Crippen LogP) is 4.12. The lowest BCUT2D eigenvalue weighted by Crippen LogP contribution is -2.36. The first-order valence-electron chi connectivity index (χ1n) is 8.66. The number of rotatable bonds is 3. The van der Waals surface area contributed by atoms with Gasteiger partial charge >= 0.3 is 6.09 Å². The van der Waals surface area contributed by atoms with E-state index in [0.717, 1.165) is 31.4 Å². The molecule has 6 heteroatoms. The molecule has 1 aliphatic rings. The summed E-state index contributed by atoms with van der Waals surface area (Å²) in [5.41, 5.74) is 0.994. The van der Waals surface area contributed by atoms with Crippen LogP contribution in [0.5, 0.6) is 5.75 Å². The molecule has 2 amide bonds. The second kappa shape index (κ2) is 7.76. The minimum Gasteiger partial charge on any atom is -0.495 e. The lowest BCUT2D eigenvalue weighted by molar-refractivity contribution is -0.132. The Morgan fingerprint density at radius 3 is 2.56 bits per heavy atom. The van der Waals surface area contributed by atoms with Crippen LogP contribution in [0.1, 0.15) is 58.6 Å². The minimum atomic E-state index is -0.568. The molecule has 25 heavy (non-hydrogen) atoms. The van der Waals surface area contributed by atoms with Gasteiger partial charge in [0.15, 0.2) is 0 Å². The number of ether oxygens (including phenoxy) is 2. The first-order valence-corrected chi connectivity index (χ1v) is 8.66. The number of hydrogen-bond donors (Lipinski definition) is 1. The van der Waals surface area contributed by atoms with Crippen molar-refractivity contribution in [2.75, 3.05) is 19.0 Å². The molecule has 1 atom stereocenters. The van der Waals surface area contributed by atoms with Crippen LogP contribution >= 0.6 is 0 Å². The first-order chi connectivity index (χ1) is 11.7. The van der Waals surface area contributed by atoms with Crippen molar-refractivity contribution < 1.29 is 19.1 Å². The van der Waals surface area contributed by atoms with Crippen LogP contribution in [0.3, 0.4) is 0 Å². The van der Waals surface area contributed by atoms with Crippen LogP contribution in [0.4, 0.5) is 10.5 Å². The van der Waals surface area contributed by atoms with E-state index in [1.807, 2.05) is 37.8 Å². The molecule has 2 rings (SSSR count). The fraction of sp³-hybridized carbons (Fsp3) is 0.579. The number of benzene rings is 1. The Hall–Kier alpha value is -2.24. The van der Waals surface area contributed by atoms with Crippen molar-refractivity contribution in [2.45, 2.75) is 58.6 Å². The highest BCUT2D eigenvalue weighted by Gasteiger charge is 2.26. The summed E-state index contributed by atoms with van der Waals surface area (Å²) in [6.07, 6.45) is 2.53. The van der Waals surface area contributed by atoms with Crippen molar-refractivity contribution in [2.24, 2.45) is 0 Å². The summed E-state index contributed by atoms with van der Waals surface area (Å²) >= 11 is 0. The maximum atomic E-state index is 12.0. The van der Waals surface area contributed by atoms with E-state index in [9.17, 15) is 9.59 Å². The molecule has 1 aliphatic heterocycles. The maximum absolute atomic E-state index is 12.0. The van der Waals surface area contributed by atoms with Crippen molar-refractivity contribution in [1.82, 2.24) is 4.90 Å². The van der Waals surface area contributed by atoms with Crippen LogP contribution in [0, 0.1) is 0 Å². The van der Waals surface area contributed by atoms with Gasteiger partial charge in [-0.3, -0.25) is 10.1 Å². The van der Waals surface area contributed by atoms with Crippen molar-refractivity contribution >= 4 is 17.7 Å². The lowest BCUT2D eigenvalue weighted by Gasteiger charge is -2.35. The Kier molecular flexibility index (Phi) is 5.93. The number of carbonyl (C=O) groups is 2. The monoisotopic (exact) mass is 348 g/mol. The topological polar surface area (TPSA) is 67.9 Å². The van der Waals surface area contributed by atoms with Crippen LogP contribution in [0.2, 0.25) is 0 Å². The molecule has 0 aliphatic carbocycles. The highest BCUT2D eigenvalue weighted by molar-refractivity contribution is 5.87. The molecular formula is C19H28N2O4. The molecular weight excluding hydrogens is 320 g/mol. The molecule has 1 saturated heterocycles. The van der Waals surface area contributed by atoms with Gasteiger partial charge in [-0.15, -0.1) is 0 Å². The number of likely N-dealkylation sites (tertiary alicyclic amines) is 1. The quantitative estimate of drug-likeness (QED) is 0.892. The van der Waals surface area contributed by atoms with Crippen LogP contribution < -0.4 is 10.1 Å². The molecule has 1 aromatic carbocycles. The number of methoxy groups -OCH3 is 1. The molecule has 0 saturated carbocycles. The largest absolute Gasteiger partial charge is 0.495 e. The number of amides is 2. The maximum Gasteiger partial charge on any atom is 0.412 e. The Morgan fingerprint density at radius 1 is 1.24 bits per heavy atom. The molecule has 1 unspecified atom stereocenters. The zero-order chi connectivity index (χ0) is 18.6. The number of nitrogens with one attached hydrogen (secondary N) is 1. The average molecular weight is 348 g/mol. The van der Waals surface area contributed by atoms with E-state index in [2.05, 4.69) is 5.32 Å². The van der Waals surface area contributed by atoms with E-state index in [1.54, 1.807) is 20.1 Å². The van der Waals surface area contributed by atoms with Crippen LogP contribution in [-0.4, -0.2) is 36.2 Å². The Morgan fingerprint density at radius 2 is 1.96 bits per heavy atom. The highest BCUT2D eigenvalue weighted by Crippen LogP contribution is 2.35. The Balaban J connectivity index is 2.21. The molecule has 138 valence electrons. The molecule has 1 fully saturated rings. The summed E-state index contributed by atoms with van der Waals surface area (Å²) < 4.78 is 10.7. The average Bonchev–Trinajstić information content (AvgIpc) is 2.53. The van der Waals surface area contributed by atoms with Crippen LogP contribution in [0.15, 0.2) is 18.2 Å². The summed E-state index contributed by atoms with van der Waals surface area (Å²) in [5.74, 6) is 0.636. The van der Waals surface area contributed by atoms with Gasteiger partial charge in [-0.25, -0.2) is 4.79 Å². The third-order valence-electron chi connectivity index (χ3n) is 4.15. The number of piperidine rings is 1. The highest BCUT2D eigenvalue weighted by atomic mass is 16.6. The number of hydrogen-bond acceptors (Lipinski definition) is 4. The van der Waals surface area contributed by atoms with E-state index in [-0.39, 0.29) is 11.9 Å². The molecule has 1 N–H and O–H groups in total. The van der Waals surface area contributed by atoms with Crippen LogP contribution in [0.25, 0.3) is 0 Å². The third kappa shape index (κ3) is 5.11. The summed E-state index contributed by atoms with van der Waals surface area (Å²) in [7, 11) is 1.56. The fourth-order valence-corrected chi connectivity index (χ4v) is 3.09. The Bertz CT molecular complexity index is 637. The van der Waals surface area contributed by atoms with Crippen molar-refractivity contribution in [3.63, 3.8) is 0 Å². The minimum absolute atomic E-state index is 0.0516. The number of carbonyl (C=O) groups excluding carboxylic acids is 2. The molecule has 0 radical (unpaired) electrons. The smallest absolute Gasteiger partial charge is 0.412 e. The van der Waals surface area contributed by atoms with Gasteiger partial charge in [-0.05, 0) is 57.7 Å². The van der Waals surface area contributed by atoms with E-state index in [4.69, 9.17) is 9.47 Å². The molecule has 0 aromatic heterocycles. The molecule has 1 aromatic rings. The van der Waals surface area contributed by atoms with Gasteiger partial charge in [-0.1, -0.05) is 6.07 Å². The predicted molar refractivity (Wildman–Crippen MR) is 96.8 cm³/mol. The summed E-state index contributed by atoms with van der Waals surface area (Å²) in [4.78, 5) is 25.8. The van der Waals surface area contributed by atoms with Crippen molar-refractivity contribution in [3.05, 3.63) is 23.8 Å². The zero-order valence-corrected chi connectivity index (χ0v) is 15.7. The van der Waals surface area contributed by atoms with E-state index >= 15 is 0 Å². The van der Waals surface area contributed by atoms with Gasteiger partial charge in [0, 0.05) is 13.5 Å². The summed E-state index contributed by atoms with van der Waals surface area (Å²) in [6, 6.07) is 5.67. The molecule has 0 bridgehead atoms. The van der Waals surface area contributed by atoms with E-state index in [0.29, 0.717) is 11.4 Å². The van der Waals surface area contributed by atoms with E-state index < -0.39 is 11.7 Å². The zero-order valence-electron chi connectivity index (χ0n) is 15.7. The van der Waals surface area contributed by atoms with Crippen molar-refractivity contribution in [3.8, 4) is 5.75 Å². The normalized spacial score (nSPS) is 17.8. The second-order valence-corrected chi connectivity index (χ2v) is 7.31. The Labute approximate surface area is 149 Å². The van der Waals surface area contributed by atoms with Gasteiger partial charge in [-0.2, -0.15) is 0 Å². The summed E-state index contributed by atoms with van der Waals surface area (Å²) in [6.45, 7) is 7.82. The third-order valence-corrected chi connectivity index (χ3v) is 4.15. The molecule has 6 nitrogen and oxygen atoms in total. The van der Waals surface area contributed by atoms with Gasteiger partial charge < -0.3 is 14.4 Å². The van der Waals surface area contributed by atoms with Crippen molar-refractivity contribution in [1.29, 1.82) is 0 Å². The molecule has 1 heterocycles. The van der Waals surface area contributed by atoms with E-state index in [1.165, 1.54) is 0 Å². The molecule has 0 spiro atoms. The summed E-state index contributed by atoms with van der Waals surface area (Å²) in [5, 5.41) is 2.72. The number of anilines is 1. The fourth-order valence-electron chi connectivity index (χ4n) is 3.09. The van der Waals surface area contributed by atoms with Gasteiger partial charge in [0.05, 0.1) is 18.8 Å².